The average molecular weight is 242 g/mol. The van der Waals surface area contributed by atoms with Crippen LogP contribution in [0.1, 0.15) is 19.3 Å². The van der Waals surface area contributed by atoms with Gasteiger partial charge in [0.25, 0.3) is 0 Å². The SMILES string of the molecule is Nc1cc(Cl)nc(NCC2(CCO)CC2)c1. The first-order chi connectivity index (χ1) is 7.63. The Morgan fingerprint density at radius 1 is 1.50 bits per heavy atom. The first-order valence-electron chi connectivity index (χ1n) is 5.41. The van der Waals surface area contributed by atoms with Crippen LogP contribution in [0.2, 0.25) is 5.15 Å². The summed E-state index contributed by atoms with van der Waals surface area (Å²) in [5.41, 5.74) is 6.53. The largest absolute Gasteiger partial charge is 0.399 e. The molecule has 0 amide bonds. The summed E-state index contributed by atoms with van der Waals surface area (Å²) in [6.45, 7) is 1.06. The van der Waals surface area contributed by atoms with Crippen LogP contribution < -0.4 is 11.1 Å². The van der Waals surface area contributed by atoms with Crippen molar-refractivity contribution in [2.75, 3.05) is 24.2 Å². The van der Waals surface area contributed by atoms with E-state index in [1.54, 1.807) is 12.1 Å². The molecule has 0 unspecified atom stereocenters. The molecule has 0 saturated heterocycles. The highest BCUT2D eigenvalue weighted by atomic mass is 35.5. The lowest BCUT2D eigenvalue weighted by molar-refractivity contribution is 0.253. The minimum absolute atomic E-state index is 0.243. The molecule has 5 heteroatoms. The topological polar surface area (TPSA) is 71.2 Å². The highest BCUT2D eigenvalue weighted by Crippen LogP contribution is 2.48. The van der Waals surface area contributed by atoms with Crippen LogP contribution in [0.3, 0.4) is 0 Å². The number of aliphatic hydroxyl groups excluding tert-OH is 1. The molecule has 1 aromatic heterocycles. The van der Waals surface area contributed by atoms with Gasteiger partial charge in [0.15, 0.2) is 0 Å². The maximum absolute atomic E-state index is 8.94. The van der Waals surface area contributed by atoms with E-state index in [1.165, 1.54) is 0 Å². The van der Waals surface area contributed by atoms with Gasteiger partial charge in [-0.2, -0.15) is 0 Å². The van der Waals surface area contributed by atoms with Crippen molar-refractivity contribution in [3.05, 3.63) is 17.3 Å². The fourth-order valence-corrected chi connectivity index (χ4v) is 2.03. The molecule has 2 rings (SSSR count). The third-order valence-electron chi connectivity index (χ3n) is 3.06. The smallest absolute Gasteiger partial charge is 0.133 e. The number of hydrogen-bond acceptors (Lipinski definition) is 4. The number of nitrogens with zero attached hydrogens (tertiary/aromatic N) is 1. The van der Waals surface area contributed by atoms with E-state index in [0.717, 1.165) is 25.8 Å². The summed E-state index contributed by atoms with van der Waals surface area (Å²) >= 11 is 5.81. The molecular weight excluding hydrogens is 226 g/mol. The molecule has 1 fully saturated rings. The molecule has 0 radical (unpaired) electrons. The van der Waals surface area contributed by atoms with E-state index in [2.05, 4.69) is 10.3 Å². The van der Waals surface area contributed by atoms with Crippen molar-refractivity contribution in [3.63, 3.8) is 0 Å². The first-order valence-corrected chi connectivity index (χ1v) is 5.79. The van der Waals surface area contributed by atoms with Crippen LogP contribution in [0.25, 0.3) is 0 Å². The molecule has 0 spiro atoms. The number of hydrogen-bond donors (Lipinski definition) is 3. The molecule has 1 saturated carbocycles. The first kappa shape index (κ1) is 11.5. The number of anilines is 2. The van der Waals surface area contributed by atoms with Gasteiger partial charge in [0.1, 0.15) is 11.0 Å². The van der Waals surface area contributed by atoms with Crippen molar-refractivity contribution in [2.45, 2.75) is 19.3 Å². The lowest BCUT2D eigenvalue weighted by atomic mass is 10.0. The number of aromatic nitrogens is 1. The molecule has 88 valence electrons. The van der Waals surface area contributed by atoms with E-state index in [4.69, 9.17) is 22.4 Å². The van der Waals surface area contributed by atoms with Gasteiger partial charge in [-0.1, -0.05) is 11.6 Å². The van der Waals surface area contributed by atoms with Crippen LogP contribution in [0.15, 0.2) is 12.1 Å². The van der Waals surface area contributed by atoms with Crippen molar-refractivity contribution in [1.29, 1.82) is 0 Å². The number of nitrogens with two attached hydrogens (primary N) is 1. The third kappa shape index (κ3) is 2.77. The molecule has 4 N–H and O–H groups in total. The summed E-state index contributed by atoms with van der Waals surface area (Å²) in [6, 6.07) is 3.38. The highest BCUT2D eigenvalue weighted by molar-refractivity contribution is 6.29. The lowest BCUT2D eigenvalue weighted by Crippen LogP contribution is -2.17. The van der Waals surface area contributed by atoms with Gasteiger partial charge in [-0.05, 0) is 30.7 Å². The van der Waals surface area contributed by atoms with E-state index in [9.17, 15) is 0 Å². The Kier molecular flexibility index (Phi) is 3.21. The Balaban J connectivity index is 1.94. The highest BCUT2D eigenvalue weighted by Gasteiger charge is 2.41. The predicted octanol–water partition coefficient (Wildman–Crippen LogP) is 1.89. The maximum atomic E-state index is 8.94. The van der Waals surface area contributed by atoms with E-state index >= 15 is 0 Å². The van der Waals surface area contributed by atoms with Crippen LogP contribution in [-0.4, -0.2) is 23.2 Å². The van der Waals surface area contributed by atoms with Gasteiger partial charge in [0, 0.05) is 24.9 Å². The minimum Gasteiger partial charge on any atom is -0.399 e. The van der Waals surface area contributed by atoms with E-state index in [-0.39, 0.29) is 12.0 Å². The second-order valence-corrected chi connectivity index (χ2v) is 4.82. The van der Waals surface area contributed by atoms with Crippen molar-refractivity contribution in [3.8, 4) is 0 Å². The molecule has 16 heavy (non-hydrogen) atoms. The number of nitrogens with one attached hydrogen (secondary N) is 1. The molecule has 1 heterocycles. The molecule has 0 aliphatic heterocycles. The summed E-state index contributed by atoms with van der Waals surface area (Å²) in [6.07, 6.45) is 3.17. The number of rotatable bonds is 5. The molecule has 4 nitrogen and oxygen atoms in total. The normalized spacial score (nSPS) is 17.1. The van der Waals surface area contributed by atoms with Gasteiger partial charge in [-0.15, -0.1) is 0 Å². The third-order valence-corrected chi connectivity index (χ3v) is 3.25. The van der Waals surface area contributed by atoms with Crippen LogP contribution >= 0.6 is 11.6 Å². The predicted molar refractivity (Wildman–Crippen MR) is 65.5 cm³/mol. The van der Waals surface area contributed by atoms with Crippen molar-refractivity contribution < 1.29 is 5.11 Å². The van der Waals surface area contributed by atoms with Gasteiger partial charge < -0.3 is 16.2 Å². The van der Waals surface area contributed by atoms with E-state index in [0.29, 0.717) is 16.7 Å². The zero-order valence-corrected chi connectivity index (χ0v) is 9.80. The molecule has 0 atom stereocenters. The minimum atomic E-state index is 0.243. The Bertz CT molecular complexity index is 359. The van der Waals surface area contributed by atoms with Crippen LogP contribution in [-0.2, 0) is 0 Å². The molecule has 1 aromatic rings. The Labute approximate surface area is 99.8 Å². The molecule has 1 aliphatic carbocycles. The Hall–Kier alpha value is -1.00. The van der Waals surface area contributed by atoms with Gasteiger partial charge in [0.2, 0.25) is 0 Å². The Morgan fingerprint density at radius 2 is 2.25 bits per heavy atom. The molecule has 0 bridgehead atoms. The van der Waals surface area contributed by atoms with Gasteiger partial charge in [-0.3, -0.25) is 0 Å². The maximum Gasteiger partial charge on any atom is 0.133 e. The van der Waals surface area contributed by atoms with Crippen molar-refractivity contribution in [1.82, 2.24) is 4.98 Å². The fraction of sp³-hybridized carbons (Fsp3) is 0.545. The molecule has 1 aliphatic rings. The van der Waals surface area contributed by atoms with Crippen molar-refractivity contribution in [2.24, 2.45) is 5.41 Å². The summed E-state index contributed by atoms with van der Waals surface area (Å²) < 4.78 is 0. The number of pyridine rings is 1. The fourth-order valence-electron chi connectivity index (χ4n) is 1.81. The van der Waals surface area contributed by atoms with E-state index < -0.39 is 0 Å². The quantitative estimate of drug-likeness (QED) is 0.689. The lowest BCUT2D eigenvalue weighted by Gasteiger charge is -2.15. The van der Waals surface area contributed by atoms with Gasteiger partial charge in [-0.25, -0.2) is 4.98 Å². The average Bonchev–Trinajstić information content (AvgIpc) is 2.95. The van der Waals surface area contributed by atoms with Crippen LogP contribution in [0.4, 0.5) is 11.5 Å². The number of nitrogen functional groups attached to an aromatic ring is 1. The summed E-state index contributed by atoms with van der Waals surface area (Å²) in [4.78, 5) is 4.14. The summed E-state index contributed by atoms with van der Waals surface area (Å²) in [7, 11) is 0. The van der Waals surface area contributed by atoms with Gasteiger partial charge in [0.05, 0.1) is 0 Å². The molecule has 0 aromatic carbocycles. The van der Waals surface area contributed by atoms with Crippen LogP contribution in [0, 0.1) is 5.41 Å². The van der Waals surface area contributed by atoms with Crippen LogP contribution in [0.5, 0.6) is 0 Å². The summed E-state index contributed by atoms with van der Waals surface area (Å²) in [5.74, 6) is 0.703. The zero-order valence-electron chi connectivity index (χ0n) is 9.04. The Morgan fingerprint density at radius 3 is 2.81 bits per heavy atom. The second-order valence-electron chi connectivity index (χ2n) is 4.44. The second kappa shape index (κ2) is 4.47. The standard InChI is InChI=1S/C11H16ClN3O/c12-9-5-8(13)6-10(15-9)14-7-11(1-2-11)3-4-16/h5-6,16H,1-4,7H2,(H3,13,14,15). The monoisotopic (exact) mass is 241 g/mol. The van der Waals surface area contributed by atoms with Gasteiger partial charge >= 0.3 is 0 Å². The number of halogens is 1. The number of aliphatic hydroxyl groups is 1. The molecular formula is C11H16ClN3O. The van der Waals surface area contributed by atoms with E-state index in [1.807, 2.05) is 0 Å². The zero-order chi connectivity index (χ0) is 11.6. The van der Waals surface area contributed by atoms with Crippen molar-refractivity contribution >= 4 is 23.1 Å². The summed E-state index contributed by atoms with van der Waals surface area (Å²) in [5, 5.41) is 12.6.